The van der Waals surface area contributed by atoms with Crippen LogP contribution in [-0.4, -0.2) is 13.1 Å². The van der Waals surface area contributed by atoms with Gasteiger partial charge in [0, 0.05) is 0 Å². The first-order chi connectivity index (χ1) is 22.5. The van der Waals surface area contributed by atoms with E-state index in [9.17, 15) is 4.79 Å². The molecule has 0 amide bonds. The van der Waals surface area contributed by atoms with Crippen LogP contribution in [-0.2, 0) is 9.53 Å². The molecule has 1 spiro atoms. The SMILES string of the molecule is COC(=O)CC1(C)C23CC4CC5CC6CC7CC8CC9CC%10CC(C2)C2C%10C%10C9C9C8C7C7C6C6C5C4C4C5C6C7C9C%10C5C2C413. The van der Waals surface area contributed by atoms with Gasteiger partial charge in [-0.2, -0.15) is 0 Å². The third-order valence-electron chi connectivity index (χ3n) is 25.3. The van der Waals surface area contributed by atoms with Crippen LogP contribution in [0, 0.1) is 182 Å². The van der Waals surface area contributed by atoms with E-state index in [0.717, 1.165) is 125 Å². The molecule has 0 saturated heterocycles. The van der Waals surface area contributed by atoms with Crippen molar-refractivity contribution in [1.29, 1.82) is 0 Å². The Labute approximate surface area is 275 Å². The summed E-state index contributed by atoms with van der Waals surface area (Å²) in [5.74, 6) is 31.6. The lowest BCUT2D eigenvalue weighted by molar-refractivity contribution is -0.152. The van der Waals surface area contributed by atoms with E-state index < -0.39 is 0 Å². The first-order valence-corrected chi connectivity index (χ1v) is 21.6. The number of hydrogen-bond donors (Lipinski definition) is 0. The average Bonchev–Trinajstić information content (AvgIpc) is 3.76. The van der Waals surface area contributed by atoms with Crippen molar-refractivity contribution in [3.63, 3.8) is 0 Å². The van der Waals surface area contributed by atoms with Crippen molar-refractivity contribution in [2.24, 2.45) is 182 Å². The predicted molar refractivity (Wildman–Crippen MR) is 169 cm³/mol. The van der Waals surface area contributed by atoms with Crippen LogP contribution in [0.2, 0.25) is 0 Å². The molecule has 0 N–H and O–H groups in total. The zero-order valence-electron chi connectivity index (χ0n) is 28.1. The normalized spacial score (nSPS) is 84.0. The molecule has 29 unspecified atom stereocenters. The Morgan fingerprint density at radius 2 is 0.804 bits per heavy atom. The summed E-state index contributed by atoms with van der Waals surface area (Å²) in [5.41, 5.74) is 1.25. The summed E-state index contributed by atoms with van der Waals surface area (Å²) in [6, 6.07) is 0. The molecule has 17 saturated carbocycles. The van der Waals surface area contributed by atoms with E-state index in [-0.39, 0.29) is 11.4 Å². The predicted octanol–water partition coefficient (Wildman–Crippen LogP) is 7.52. The highest BCUT2D eigenvalue weighted by Gasteiger charge is 3.00. The molecule has 0 bridgehead atoms. The van der Waals surface area contributed by atoms with E-state index >= 15 is 0 Å². The number of methoxy groups -OCH3 is 1. The second kappa shape index (κ2) is 6.30. The van der Waals surface area contributed by atoms with Crippen LogP contribution in [0.1, 0.15) is 71.1 Å². The second-order valence-electron chi connectivity index (χ2n) is 23.6. The van der Waals surface area contributed by atoms with Gasteiger partial charge in [0.15, 0.2) is 0 Å². The van der Waals surface area contributed by atoms with Crippen molar-refractivity contribution in [3.05, 3.63) is 0 Å². The molecular weight excluding hydrogens is 560 g/mol. The maximum Gasteiger partial charge on any atom is 0.306 e. The summed E-state index contributed by atoms with van der Waals surface area (Å²) in [6.45, 7) is 2.78. The number of hydrogen-bond acceptors (Lipinski definition) is 2. The molecular formula is C44H54O2. The topological polar surface area (TPSA) is 26.3 Å². The summed E-state index contributed by atoms with van der Waals surface area (Å²) in [4.78, 5) is 13.6. The van der Waals surface area contributed by atoms with Crippen molar-refractivity contribution in [2.75, 3.05) is 7.11 Å². The van der Waals surface area contributed by atoms with Gasteiger partial charge < -0.3 is 4.74 Å². The molecule has 29 atom stereocenters. The number of carbonyl (C=O) groups excluding carboxylic acids is 1. The highest BCUT2D eigenvalue weighted by molar-refractivity contribution is 5.72. The van der Waals surface area contributed by atoms with Crippen LogP contribution in [0.4, 0.5) is 0 Å². The van der Waals surface area contributed by atoms with E-state index in [1.54, 1.807) is 64.9 Å². The molecule has 17 fully saturated rings. The van der Waals surface area contributed by atoms with Gasteiger partial charge in [-0.15, -0.1) is 0 Å². The highest BCUT2D eigenvalue weighted by atomic mass is 16.5. The molecule has 0 aliphatic heterocycles. The van der Waals surface area contributed by atoms with Crippen molar-refractivity contribution in [3.8, 4) is 0 Å². The molecule has 242 valence electrons. The number of rotatable bonds is 2. The van der Waals surface area contributed by atoms with Gasteiger partial charge in [0.1, 0.15) is 0 Å². The van der Waals surface area contributed by atoms with E-state index in [2.05, 4.69) is 6.92 Å². The van der Waals surface area contributed by atoms with Crippen LogP contribution < -0.4 is 0 Å². The minimum atomic E-state index is 0.161. The van der Waals surface area contributed by atoms with Gasteiger partial charge in [0.2, 0.25) is 0 Å². The van der Waals surface area contributed by atoms with Crippen molar-refractivity contribution in [1.82, 2.24) is 0 Å². The molecule has 2 heteroatoms. The van der Waals surface area contributed by atoms with Gasteiger partial charge in [0.05, 0.1) is 13.5 Å². The second-order valence-corrected chi connectivity index (χ2v) is 23.6. The third-order valence-corrected chi connectivity index (χ3v) is 25.3. The zero-order chi connectivity index (χ0) is 29.0. The van der Waals surface area contributed by atoms with Crippen LogP contribution in [0.5, 0.6) is 0 Å². The van der Waals surface area contributed by atoms with Crippen LogP contribution >= 0.6 is 0 Å². The van der Waals surface area contributed by atoms with E-state index in [1.165, 1.54) is 47.3 Å². The molecule has 46 heavy (non-hydrogen) atoms. The van der Waals surface area contributed by atoms with Crippen molar-refractivity contribution >= 4 is 5.97 Å². The Balaban J connectivity index is 1.02. The van der Waals surface area contributed by atoms with Crippen molar-refractivity contribution in [2.45, 2.75) is 71.1 Å². The first-order valence-electron chi connectivity index (χ1n) is 21.6. The summed E-state index contributed by atoms with van der Waals surface area (Å²) in [5, 5.41) is 0. The van der Waals surface area contributed by atoms with Crippen LogP contribution in [0.3, 0.4) is 0 Å². The fourth-order valence-electron chi connectivity index (χ4n) is 27.4. The molecule has 0 heterocycles. The largest absolute Gasteiger partial charge is 0.469 e. The Morgan fingerprint density at radius 3 is 1.22 bits per heavy atom. The third kappa shape index (κ3) is 1.72. The van der Waals surface area contributed by atoms with Crippen molar-refractivity contribution < 1.29 is 9.53 Å². The van der Waals surface area contributed by atoms with E-state index in [1.807, 2.05) is 0 Å². The summed E-state index contributed by atoms with van der Waals surface area (Å²) in [7, 11) is 1.71. The number of esters is 1. The smallest absolute Gasteiger partial charge is 0.306 e. The minimum Gasteiger partial charge on any atom is -0.469 e. The highest BCUT2D eigenvalue weighted by Crippen LogP contribution is 3.04. The molecule has 17 aliphatic rings. The Hall–Kier alpha value is -0.530. The van der Waals surface area contributed by atoms with Gasteiger partial charge in [-0.1, -0.05) is 6.92 Å². The number of carbonyl (C=O) groups is 1. The Kier molecular flexibility index (Phi) is 3.26. The molecule has 0 aromatic heterocycles. The lowest BCUT2D eigenvalue weighted by Gasteiger charge is -2.62. The molecule has 0 aromatic carbocycles. The average molecular weight is 615 g/mol. The maximum absolute atomic E-state index is 13.6. The Morgan fingerprint density at radius 1 is 0.478 bits per heavy atom. The lowest BCUT2D eigenvalue weighted by Crippen LogP contribution is -2.58. The summed E-state index contributed by atoms with van der Waals surface area (Å²) < 4.78 is 5.67. The monoisotopic (exact) mass is 614 g/mol. The molecule has 17 aliphatic carbocycles. The van der Waals surface area contributed by atoms with E-state index in [4.69, 9.17) is 4.74 Å². The lowest BCUT2D eigenvalue weighted by atomic mass is 9.43. The standard InChI is InChI=1S/C44H54O2/c1-42(12-21(45)46-2)43-10-19-8-17-6-15-4-13-3-14-5-16-7-18-9-20(11-43)29-25(18)33-27(16)31-23(14)22(13)30-26(15)32-24(17)28(19)40-38-36(32)34(30)35(31)37(33)39(38)41(29)44(40,42)43/h13-20,22-41H,3-12H2,1-2H3. The molecule has 0 radical (unpaired) electrons. The van der Waals surface area contributed by atoms with Gasteiger partial charge in [-0.3, -0.25) is 4.79 Å². The summed E-state index contributed by atoms with van der Waals surface area (Å²) in [6.07, 6.45) is 15.6. The number of ether oxygens (including phenoxy) is 1. The molecule has 17 rings (SSSR count). The van der Waals surface area contributed by atoms with Gasteiger partial charge in [-0.25, -0.2) is 0 Å². The molecule has 0 aromatic rings. The fourth-order valence-corrected chi connectivity index (χ4v) is 27.4. The van der Waals surface area contributed by atoms with Gasteiger partial charge >= 0.3 is 5.97 Å². The van der Waals surface area contributed by atoms with Crippen LogP contribution in [0.15, 0.2) is 0 Å². The minimum absolute atomic E-state index is 0.161. The molecule has 2 nitrogen and oxygen atoms in total. The maximum atomic E-state index is 13.6. The van der Waals surface area contributed by atoms with Crippen LogP contribution in [0.25, 0.3) is 0 Å². The van der Waals surface area contributed by atoms with Gasteiger partial charge in [0.25, 0.3) is 0 Å². The summed E-state index contributed by atoms with van der Waals surface area (Å²) >= 11 is 0. The van der Waals surface area contributed by atoms with Gasteiger partial charge in [-0.05, 0) is 240 Å². The fraction of sp³-hybridized carbons (Fsp3) is 0.977. The first kappa shape index (κ1) is 23.8. The Bertz CT molecular complexity index is 1550. The van der Waals surface area contributed by atoms with E-state index in [0.29, 0.717) is 10.8 Å². The zero-order valence-corrected chi connectivity index (χ0v) is 28.1. The quantitative estimate of drug-likeness (QED) is 0.301.